The molecule has 3 rings (SSSR count). The minimum Gasteiger partial charge on any atom is -0.300 e. The molecule has 0 bridgehead atoms. The molecule has 3 aromatic rings. The molecule has 0 aliphatic carbocycles. The first-order valence-electron chi connectivity index (χ1n) is 9.00. The highest BCUT2D eigenvalue weighted by Crippen LogP contribution is 2.30. The summed E-state index contributed by atoms with van der Waals surface area (Å²) in [4.78, 5) is 12.4. The van der Waals surface area contributed by atoms with Crippen molar-refractivity contribution in [1.29, 1.82) is 0 Å². The standard InChI is InChI=1S/C23H21F3O/c1-16(21-11-5-8-18-7-2-3-10-22(18)21)14-20(27)13-12-17-6-4-9-19(15-17)23(24,25)26/h2-11,15-16H,12-14H2,1H3/t16-/m0/s1. The molecule has 1 nitrogen and oxygen atoms in total. The minimum absolute atomic E-state index is 0.0603. The second kappa shape index (κ2) is 7.95. The van der Waals surface area contributed by atoms with Gasteiger partial charge in [-0.3, -0.25) is 4.79 Å². The van der Waals surface area contributed by atoms with E-state index in [1.54, 1.807) is 6.07 Å². The predicted molar refractivity (Wildman–Crippen MR) is 102 cm³/mol. The zero-order valence-corrected chi connectivity index (χ0v) is 15.1. The van der Waals surface area contributed by atoms with Gasteiger partial charge in [-0.1, -0.05) is 67.6 Å². The van der Waals surface area contributed by atoms with E-state index in [9.17, 15) is 18.0 Å². The van der Waals surface area contributed by atoms with Crippen LogP contribution in [0.2, 0.25) is 0 Å². The Kier molecular flexibility index (Phi) is 5.64. The number of hydrogen-bond acceptors (Lipinski definition) is 1. The van der Waals surface area contributed by atoms with Gasteiger partial charge in [0.25, 0.3) is 0 Å². The first-order valence-corrected chi connectivity index (χ1v) is 9.00. The summed E-state index contributed by atoms with van der Waals surface area (Å²) in [7, 11) is 0. The largest absolute Gasteiger partial charge is 0.416 e. The molecule has 0 unspecified atom stereocenters. The van der Waals surface area contributed by atoms with Crippen LogP contribution in [0.5, 0.6) is 0 Å². The Morgan fingerprint density at radius 1 is 0.963 bits per heavy atom. The molecule has 4 heteroatoms. The Labute approximate surface area is 156 Å². The zero-order valence-electron chi connectivity index (χ0n) is 15.1. The van der Waals surface area contributed by atoms with Crippen LogP contribution in [0.1, 0.15) is 42.4 Å². The van der Waals surface area contributed by atoms with Crippen LogP contribution in [-0.2, 0) is 17.4 Å². The van der Waals surface area contributed by atoms with Crippen LogP contribution in [0.25, 0.3) is 10.8 Å². The molecule has 0 aromatic heterocycles. The molecule has 0 heterocycles. The molecule has 3 aromatic carbocycles. The van der Waals surface area contributed by atoms with E-state index in [1.807, 2.05) is 49.4 Å². The lowest BCUT2D eigenvalue weighted by molar-refractivity contribution is -0.137. The number of carbonyl (C=O) groups is 1. The normalized spacial score (nSPS) is 12.9. The lowest BCUT2D eigenvalue weighted by Crippen LogP contribution is -2.08. The summed E-state index contributed by atoms with van der Waals surface area (Å²) in [5.74, 6) is 0.123. The Morgan fingerprint density at radius 3 is 2.44 bits per heavy atom. The second-order valence-corrected chi connectivity index (χ2v) is 6.91. The molecule has 0 fully saturated rings. The van der Waals surface area contributed by atoms with Crippen LogP contribution in [0, 0.1) is 0 Å². The fourth-order valence-electron chi connectivity index (χ4n) is 3.42. The van der Waals surface area contributed by atoms with Gasteiger partial charge in [-0.2, -0.15) is 13.2 Å². The van der Waals surface area contributed by atoms with Gasteiger partial charge in [0.05, 0.1) is 5.56 Å². The highest BCUT2D eigenvalue weighted by Gasteiger charge is 2.30. The van der Waals surface area contributed by atoms with Gasteiger partial charge >= 0.3 is 6.18 Å². The molecule has 0 saturated heterocycles. The van der Waals surface area contributed by atoms with E-state index in [4.69, 9.17) is 0 Å². The summed E-state index contributed by atoms with van der Waals surface area (Å²) in [6.45, 7) is 2.02. The highest BCUT2D eigenvalue weighted by molar-refractivity contribution is 5.87. The maximum Gasteiger partial charge on any atom is 0.416 e. The van der Waals surface area contributed by atoms with Gasteiger partial charge in [-0.25, -0.2) is 0 Å². The highest BCUT2D eigenvalue weighted by atomic mass is 19.4. The van der Waals surface area contributed by atoms with E-state index in [-0.39, 0.29) is 18.1 Å². The number of Topliss-reactive ketones (excluding diaryl/α,β-unsaturated/α-hetero) is 1. The summed E-state index contributed by atoms with van der Waals surface area (Å²) in [5.41, 5.74) is 0.994. The van der Waals surface area contributed by atoms with Crippen LogP contribution < -0.4 is 0 Å². The Bertz CT molecular complexity index is 938. The fourth-order valence-corrected chi connectivity index (χ4v) is 3.42. The van der Waals surface area contributed by atoms with Crippen molar-refractivity contribution in [2.24, 2.45) is 0 Å². The van der Waals surface area contributed by atoms with E-state index >= 15 is 0 Å². The number of hydrogen-bond donors (Lipinski definition) is 0. The lowest BCUT2D eigenvalue weighted by atomic mass is 9.90. The molecule has 0 aliphatic rings. The molecule has 0 spiro atoms. The second-order valence-electron chi connectivity index (χ2n) is 6.91. The van der Waals surface area contributed by atoms with Crippen LogP contribution in [0.4, 0.5) is 13.2 Å². The SMILES string of the molecule is C[C@@H](CC(=O)CCc1cccc(C(F)(F)F)c1)c1cccc2ccccc12. The van der Waals surface area contributed by atoms with E-state index in [0.29, 0.717) is 18.4 Å². The maximum atomic E-state index is 12.8. The molecule has 0 N–H and O–H groups in total. The number of halogens is 3. The molecular weight excluding hydrogens is 349 g/mol. The Balaban J connectivity index is 1.64. The van der Waals surface area contributed by atoms with Crippen LogP contribution in [0.3, 0.4) is 0 Å². The average molecular weight is 370 g/mol. The third-order valence-corrected chi connectivity index (χ3v) is 4.83. The quantitative estimate of drug-likeness (QED) is 0.480. The van der Waals surface area contributed by atoms with Crippen LogP contribution in [0.15, 0.2) is 66.7 Å². The zero-order chi connectivity index (χ0) is 19.4. The first-order chi connectivity index (χ1) is 12.8. The van der Waals surface area contributed by atoms with Gasteiger partial charge < -0.3 is 0 Å². The van der Waals surface area contributed by atoms with Crippen molar-refractivity contribution in [1.82, 2.24) is 0 Å². The monoisotopic (exact) mass is 370 g/mol. The van der Waals surface area contributed by atoms with Crippen LogP contribution >= 0.6 is 0 Å². The van der Waals surface area contributed by atoms with Gasteiger partial charge in [0.1, 0.15) is 5.78 Å². The number of carbonyl (C=O) groups excluding carboxylic acids is 1. The van der Waals surface area contributed by atoms with Gasteiger partial charge in [-0.15, -0.1) is 0 Å². The Hall–Kier alpha value is -2.62. The average Bonchev–Trinajstić information content (AvgIpc) is 2.65. The van der Waals surface area contributed by atoms with Gasteiger partial charge in [0.15, 0.2) is 0 Å². The molecular formula is C23H21F3O. The maximum absolute atomic E-state index is 12.8. The molecule has 27 heavy (non-hydrogen) atoms. The summed E-state index contributed by atoms with van der Waals surface area (Å²) < 4.78 is 38.4. The smallest absolute Gasteiger partial charge is 0.300 e. The number of alkyl halides is 3. The van der Waals surface area contributed by atoms with E-state index in [0.717, 1.165) is 28.5 Å². The fraction of sp³-hybridized carbons (Fsp3) is 0.261. The van der Waals surface area contributed by atoms with Crippen molar-refractivity contribution in [2.75, 3.05) is 0 Å². The molecule has 140 valence electrons. The van der Waals surface area contributed by atoms with Crippen molar-refractivity contribution in [2.45, 2.75) is 38.3 Å². The summed E-state index contributed by atoms with van der Waals surface area (Å²) in [5, 5.41) is 2.27. The molecule has 0 amide bonds. The topological polar surface area (TPSA) is 17.1 Å². The van der Waals surface area contributed by atoms with E-state index in [2.05, 4.69) is 0 Å². The lowest BCUT2D eigenvalue weighted by Gasteiger charge is -2.14. The summed E-state index contributed by atoms with van der Waals surface area (Å²) in [6, 6.07) is 19.3. The molecule has 0 radical (unpaired) electrons. The van der Waals surface area contributed by atoms with Gasteiger partial charge in [0.2, 0.25) is 0 Å². The van der Waals surface area contributed by atoms with Gasteiger partial charge in [-0.05, 0) is 40.3 Å². The first kappa shape index (κ1) is 19.2. The van der Waals surface area contributed by atoms with Crippen molar-refractivity contribution >= 4 is 16.6 Å². The van der Waals surface area contributed by atoms with E-state index < -0.39 is 11.7 Å². The molecule has 0 saturated carbocycles. The van der Waals surface area contributed by atoms with Crippen LogP contribution in [-0.4, -0.2) is 5.78 Å². The van der Waals surface area contributed by atoms with Gasteiger partial charge in [0, 0.05) is 12.8 Å². The third-order valence-electron chi connectivity index (χ3n) is 4.83. The number of rotatable bonds is 6. The third kappa shape index (κ3) is 4.76. The number of benzene rings is 3. The number of ketones is 1. The van der Waals surface area contributed by atoms with E-state index in [1.165, 1.54) is 6.07 Å². The number of fused-ring (bicyclic) bond motifs is 1. The summed E-state index contributed by atoms with van der Waals surface area (Å²) >= 11 is 0. The van der Waals surface area contributed by atoms with Crippen molar-refractivity contribution in [3.8, 4) is 0 Å². The Morgan fingerprint density at radius 2 is 1.67 bits per heavy atom. The van der Waals surface area contributed by atoms with Crippen molar-refractivity contribution in [3.63, 3.8) is 0 Å². The summed E-state index contributed by atoms with van der Waals surface area (Å²) in [6.07, 6.45) is -3.41. The van der Waals surface area contributed by atoms with Crippen molar-refractivity contribution < 1.29 is 18.0 Å². The number of aryl methyl sites for hydroxylation is 1. The van der Waals surface area contributed by atoms with Crippen molar-refractivity contribution in [3.05, 3.63) is 83.4 Å². The predicted octanol–water partition coefficient (Wildman–Crippen LogP) is 6.55. The molecule has 1 atom stereocenters. The molecule has 0 aliphatic heterocycles. The minimum atomic E-state index is -4.36.